The summed E-state index contributed by atoms with van der Waals surface area (Å²) in [6.07, 6.45) is 1.17. The average molecular weight is 354 g/mol. The monoisotopic (exact) mass is 354 g/mol. The third-order valence-corrected chi connectivity index (χ3v) is 7.48. The van der Waals surface area contributed by atoms with Crippen LogP contribution in [0.3, 0.4) is 0 Å². The molecule has 11 heteroatoms. The Morgan fingerprint density at radius 1 is 1.19 bits per heavy atom. The molecule has 120 valence electrons. The summed E-state index contributed by atoms with van der Waals surface area (Å²) in [6, 6.07) is 0. The number of hydrogen-bond donors (Lipinski definition) is 1. The Hall–Kier alpha value is -0.910. The van der Waals surface area contributed by atoms with Crippen LogP contribution in [0.5, 0.6) is 0 Å². The van der Waals surface area contributed by atoms with Gasteiger partial charge in [0.25, 0.3) is 0 Å². The van der Waals surface area contributed by atoms with Gasteiger partial charge in [0.1, 0.15) is 9.90 Å². The summed E-state index contributed by atoms with van der Waals surface area (Å²) in [6.45, 7) is 3.03. The standard InChI is InChI=1S/C10H18N4O4S3/c1-3-21(17,18)8-9(11)12-19-10(8)13-4-6-14(7-5-13)20(2,15)16/h3-7H2,1-2H3,(H2,11,12). The van der Waals surface area contributed by atoms with Gasteiger partial charge in [-0.3, -0.25) is 0 Å². The number of sulfonamides is 1. The minimum absolute atomic E-state index is 0.0161. The van der Waals surface area contributed by atoms with Crippen LogP contribution in [-0.2, 0) is 19.9 Å². The fourth-order valence-corrected chi connectivity index (χ4v) is 5.33. The molecule has 0 bridgehead atoms. The predicted molar refractivity (Wildman–Crippen MR) is 82.9 cm³/mol. The third kappa shape index (κ3) is 3.30. The Morgan fingerprint density at radius 3 is 2.24 bits per heavy atom. The van der Waals surface area contributed by atoms with Gasteiger partial charge in [-0.1, -0.05) is 6.92 Å². The van der Waals surface area contributed by atoms with E-state index in [0.29, 0.717) is 31.2 Å². The molecule has 2 N–H and O–H groups in total. The lowest BCUT2D eigenvalue weighted by atomic mass is 10.4. The van der Waals surface area contributed by atoms with Gasteiger partial charge in [0.2, 0.25) is 10.0 Å². The number of rotatable bonds is 4. The number of nitrogens with two attached hydrogens (primary N) is 1. The number of nitrogen functional groups attached to an aromatic ring is 1. The van der Waals surface area contributed by atoms with Crippen LogP contribution in [0.2, 0.25) is 0 Å². The summed E-state index contributed by atoms with van der Waals surface area (Å²) >= 11 is 1.04. The van der Waals surface area contributed by atoms with E-state index in [2.05, 4.69) is 4.37 Å². The Balaban J connectivity index is 2.27. The van der Waals surface area contributed by atoms with Crippen molar-refractivity contribution in [3.05, 3.63) is 0 Å². The van der Waals surface area contributed by atoms with Crippen molar-refractivity contribution >= 4 is 42.2 Å². The van der Waals surface area contributed by atoms with Crippen LogP contribution in [0, 0.1) is 0 Å². The summed E-state index contributed by atoms with van der Waals surface area (Å²) in [4.78, 5) is 1.90. The Labute approximate surface area is 128 Å². The second-order valence-corrected chi connectivity index (χ2v) is 9.70. The van der Waals surface area contributed by atoms with Crippen molar-refractivity contribution in [2.24, 2.45) is 0 Å². The van der Waals surface area contributed by atoms with E-state index in [4.69, 9.17) is 5.73 Å². The van der Waals surface area contributed by atoms with Crippen LogP contribution in [0.15, 0.2) is 4.90 Å². The van der Waals surface area contributed by atoms with E-state index in [1.165, 1.54) is 10.6 Å². The van der Waals surface area contributed by atoms with E-state index in [1.807, 2.05) is 4.90 Å². The van der Waals surface area contributed by atoms with Crippen molar-refractivity contribution < 1.29 is 16.8 Å². The van der Waals surface area contributed by atoms with Gasteiger partial charge in [-0.25, -0.2) is 16.8 Å². The first kappa shape index (κ1) is 16.5. The highest BCUT2D eigenvalue weighted by Gasteiger charge is 2.30. The Morgan fingerprint density at radius 2 is 1.76 bits per heavy atom. The van der Waals surface area contributed by atoms with Crippen LogP contribution in [0.4, 0.5) is 10.8 Å². The third-order valence-electron chi connectivity index (χ3n) is 3.34. The lowest BCUT2D eigenvalue weighted by molar-refractivity contribution is 0.388. The normalized spacial score (nSPS) is 18.1. The minimum Gasteiger partial charge on any atom is -0.382 e. The second kappa shape index (κ2) is 5.71. The molecule has 0 aliphatic carbocycles. The first-order chi connectivity index (χ1) is 9.66. The van der Waals surface area contributed by atoms with E-state index in [0.717, 1.165) is 11.5 Å². The molecule has 1 aromatic rings. The van der Waals surface area contributed by atoms with Gasteiger partial charge in [0.05, 0.1) is 12.0 Å². The van der Waals surface area contributed by atoms with Gasteiger partial charge in [0.15, 0.2) is 15.7 Å². The van der Waals surface area contributed by atoms with Crippen molar-refractivity contribution in [3.63, 3.8) is 0 Å². The van der Waals surface area contributed by atoms with Gasteiger partial charge >= 0.3 is 0 Å². The van der Waals surface area contributed by atoms with Gasteiger partial charge in [0, 0.05) is 26.2 Å². The maximum Gasteiger partial charge on any atom is 0.211 e. The van der Waals surface area contributed by atoms with Crippen LogP contribution >= 0.6 is 11.5 Å². The molecule has 1 fully saturated rings. The smallest absolute Gasteiger partial charge is 0.211 e. The number of sulfone groups is 1. The van der Waals surface area contributed by atoms with Crippen LogP contribution in [0.1, 0.15) is 6.92 Å². The SMILES string of the molecule is CCS(=O)(=O)c1c(N)nsc1N1CCN(S(C)(=O)=O)CC1. The van der Waals surface area contributed by atoms with E-state index in [9.17, 15) is 16.8 Å². The molecule has 8 nitrogen and oxygen atoms in total. The van der Waals surface area contributed by atoms with E-state index >= 15 is 0 Å². The molecule has 21 heavy (non-hydrogen) atoms. The zero-order valence-electron chi connectivity index (χ0n) is 11.8. The molecule has 0 spiro atoms. The number of anilines is 2. The van der Waals surface area contributed by atoms with E-state index in [-0.39, 0.29) is 16.5 Å². The molecule has 1 aliphatic heterocycles. The molecular weight excluding hydrogens is 336 g/mol. The average Bonchev–Trinajstić information content (AvgIpc) is 2.80. The highest BCUT2D eigenvalue weighted by Crippen LogP contribution is 2.35. The summed E-state index contributed by atoms with van der Waals surface area (Å²) in [5.41, 5.74) is 5.69. The van der Waals surface area contributed by atoms with Gasteiger partial charge < -0.3 is 10.6 Å². The van der Waals surface area contributed by atoms with Crippen molar-refractivity contribution in [1.82, 2.24) is 8.68 Å². The highest BCUT2D eigenvalue weighted by molar-refractivity contribution is 7.91. The Bertz CT molecular complexity index is 717. The zero-order valence-corrected chi connectivity index (χ0v) is 14.3. The number of piperazine rings is 1. The van der Waals surface area contributed by atoms with Crippen molar-refractivity contribution in [2.45, 2.75) is 11.8 Å². The van der Waals surface area contributed by atoms with Crippen LogP contribution in [0.25, 0.3) is 0 Å². The van der Waals surface area contributed by atoms with Crippen molar-refractivity contribution in [1.29, 1.82) is 0 Å². The molecule has 2 rings (SSSR count). The lowest BCUT2D eigenvalue weighted by Crippen LogP contribution is -2.48. The number of hydrogen-bond acceptors (Lipinski definition) is 8. The zero-order chi connectivity index (χ0) is 15.8. The number of aromatic nitrogens is 1. The largest absolute Gasteiger partial charge is 0.382 e. The fraction of sp³-hybridized carbons (Fsp3) is 0.700. The molecular formula is C10H18N4O4S3. The molecule has 0 atom stereocenters. The fourth-order valence-electron chi connectivity index (χ4n) is 2.15. The molecule has 1 saturated heterocycles. The molecule has 0 unspecified atom stereocenters. The summed E-state index contributed by atoms with van der Waals surface area (Å²) in [5.74, 6) is -0.0336. The van der Waals surface area contributed by atoms with Crippen LogP contribution < -0.4 is 10.6 Å². The van der Waals surface area contributed by atoms with Crippen LogP contribution in [-0.4, -0.2) is 63.7 Å². The second-order valence-electron chi connectivity index (χ2n) is 4.75. The molecule has 0 radical (unpaired) electrons. The molecule has 0 aromatic carbocycles. The van der Waals surface area contributed by atoms with E-state index in [1.54, 1.807) is 6.92 Å². The molecule has 1 aromatic heterocycles. The van der Waals surface area contributed by atoms with Gasteiger partial charge in [-0.05, 0) is 11.5 Å². The topological polar surface area (TPSA) is 114 Å². The lowest BCUT2D eigenvalue weighted by Gasteiger charge is -2.34. The molecule has 0 amide bonds. The highest BCUT2D eigenvalue weighted by atomic mass is 32.2. The maximum atomic E-state index is 12.1. The summed E-state index contributed by atoms with van der Waals surface area (Å²) < 4.78 is 52.5. The van der Waals surface area contributed by atoms with Crippen molar-refractivity contribution in [3.8, 4) is 0 Å². The molecule has 2 heterocycles. The Kier molecular flexibility index (Phi) is 4.47. The first-order valence-corrected chi connectivity index (χ1v) is 10.6. The minimum atomic E-state index is -3.46. The molecule has 0 saturated carbocycles. The van der Waals surface area contributed by atoms with Crippen molar-refractivity contribution in [2.75, 3.05) is 48.8 Å². The maximum absolute atomic E-state index is 12.1. The van der Waals surface area contributed by atoms with E-state index < -0.39 is 19.9 Å². The molecule has 1 aliphatic rings. The summed E-state index contributed by atoms with van der Waals surface area (Å²) in [7, 11) is -6.68. The number of nitrogens with zero attached hydrogens (tertiary/aromatic N) is 3. The quantitative estimate of drug-likeness (QED) is 0.782. The summed E-state index contributed by atoms with van der Waals surface area (Å²) in [5, 5.41) is 0.502. The first-order valence-electron chi connectivity index (χ1n) is 6.34. The van der Waals surface area contributed by atoms with Gasteiger partial charge in [-0.15, -0.1) is 0 Å². The predicted octanol–water partition coefficient (Wildman–Crippen LogP) is -0.399. The van der Waals surface area contributed by atoms with Gasteiger partial charge in [-0.2, -0.15) is 8.68 Å².